The van der Waals surface area contributed by atoms with Gasteiger partial charge in [0.15, 0.2) is 0 Å². The SMILES string of the molecule is CCCCCCCCC/C=C\CCCCCC(O)CC(=O)NC(CO)C(O)/C=C/CCCCCCCCCCCCCC. The number of aliphatic hydroxyl groups excluding tert-OH is 3. The molecule has 0 aromatic rings. The molecule has 0 saturated carbocycles. The average Bonchev–Trinajstić information content (AvgIpc) is 3.00. The van der Waals surface area contributed by atoms with E-state index in [-0.39, 0.29) is 18.9 Å². The van der Waals surface area contributed by atoms with Crippen LogP contribution in [0, 0.1) is 0 Å². The van der Waals surface area contributed by atoms with Crippen molar-refractivity contribution in [1.29, 1.82) is 0 Å². The maximum absolute atomic E-state index is 12.3. The molecule has 43 heavy (non-hydrogen) atoms. The minimum Gasteiger partial charge on any atom is -0.394 e. The number of aliphatic hydroxyl groups is 3. The number of carbonyl (C=O) groups excluding carboxylic acids is 1. The summed E-state index contributed by atoms with van der Waals surface area (Å²) in [6.07, 6.45) is 38.7. The maximum Gasteiger partial charge on any atom is 0.222 e. The molecule has 3 atom stereocenters. The van der Waals surface area contributed by atoms with Gasteiger partial charge in [0.05, 0.1) is 31.3 Å². The summed E-state index contributed by atoms with van der Waals surface area (Å²) >= 11 is 0. The second-order valence-electron chi connectivity index (χ2n) is 12.8. The molecule has 0 aliphatic carbocycles. The highest BCUT2D eigenvalue weighted by Gasteiger charge is 2.20. The summed E-state index contributed by atoms with van der Waals surface area (Å²) in [6.45, 7) is 4.18. The summed E-state index contributed by atoms with van der Waals surface area (Å²) in [5.74, 6) is -0.326. The van der Waals surface area contributed by atoms with Gasteiger partial charge in [-0.25, -0.2) is 0 Å². The largest absolute Gasteiger partial charge is 0.394 e. The van der Waals surface area contributed by atoms with E-state index in [0.29, 0.717) is 6.42 Å². The summed E-state index contributed by atoms with van der Waals surface area (Å²) < 4.78 is 0. The van der Waals surface area contributed by atoms with Gasteiger partial charge in [0.1, 0.15) is 0 Å². The van der Waals surface area contributed by atoms with Crippen molar-refractivity contribution < 1.29 is 20.1 Å². The van der Waals surface area contributed by atoms with Gasteiger partial charge in [0.2, 0.25) is 5.91 Å². The molecule has 4 N–H and O–H groups in total. The molecule has 0 rings (SSSR count). The average molecular weight is 608 g/mol. The fraction of sp³-hybridized carbons (Fsp3) is 0.868. The smallest absolute Gasteiger partial charge is 0.222 e. The zero-order valence-corrected chi connectivity index (χ0v) is 28.6. The van der Waals surface area contributed by atoms with E-state index in [1.807, 2.05) is 6.08 Å². The molecule has 0 aliphatic rings. The molecule has 0 aliphatic heterocycles. The minimum atomic E-state index is -0.928. The van der Waals surface area contributed by atoms with E-state index in [1.54, 1.807) is 6.08 Å². The van der Waals surface area contributed by atoms with Crippen LogP contribution in [0.4, 0.5) is 0 Å². The number of rotatable bonds is 33. The lowest BCUT2D eigenvalue weighted by molar-refractivity contribution is -0.124. The second-order valence-corrected chi connectivity index (χ2v) is 12.8. The molecule has 0 bridgehead atoms. The Kier molecular flexibility index (Phi) is 32.8. The third kappa shape index (κ3) is 30.6. The fourth-order valence-electron chi connectivity index (χ4n) is 5.57. The first kappa shape index (κ1) is 41.8. The van der Waals surface area contributed by atoms with Gasteiger partial charge in [-0.05, 0) is 44.9 Å². The first-order valence-electron chi connectivity index (χ1n) is 18.6. The molecule has 5 nitrogen and oxygen atoms in total. The summed E-state index contributed by atoms with van der Waals surface area (Å²) in [7, 11) is 0. The van der Waals surface area contributed by atoms with E-state index in [1.165, 1.54) is 122 Å². The van der Waals surface area contributed by atoms with Crippen LogP contribution in [0.25, 0.3) is 0 Å². The monoisotopic (exact) mass is 608 g/mol. The van der Waals surface area contributed by atoms with E-state index in [2.05, 4.69) is 31.3 Å². The van der Waals surface area contributed by atoms with Crippen molar-refractivity contribution in [2.24, 2.45) is 0 Å². The molecule has 0 aromatic carbocycles. The fourth-order valence-corrected chi connectivity index (χ4v) is 5.57. The molecule has 0 fully saturated rings. The lowest BCUT2D eigenvalue weighted by atomic mass is 10.0. The van der Waals surface area contributed by atoms with Gasteiger partial charge in [0, 0.05) is 0 Å². The van der Waals surface area contributed by atoms with Crippen molar-refractivity contribution in [1.82, 2.24) is 5.32 Å². The van der Waals surface area contributed by atoms with Gasteiger partial charge in [-0.1, -0.05) is 160 Å². The van der Waals surface area contributed by atoms with Crippen LogP contribution in [-0.2, 0) is 4.79 Å². The Morgan fingerprint density at radius 3 is 1.42 bits per heavy atom. The normalized spacial score (nSPS) is 14.1. The van der Waals surface area contributed by atoms with Crippen molar-refractivity contribution in [3.8, 4) is 0 Å². The van der Waals surface area contributed by atoms with Crippen molar-refractivity contribution in [3.63, 3.8) is 0 Å². The molecular weight excluding hydrogens is 534 g/mol. The Bertz CT molecular complexity index is 635. The van der Waals surface area contributed by atoms with Gasteiger partial charge in [-0.2, -0.15) is 0 Å². The highest BCUT2D eigenvalue weighted by atomic mass is 16.3. The van der Waals surface area contributed by atoms with Crippen LogP contribution in [-0.4, -0.2) is 46.1 Å². The van der Waals surface area contributed by atoms with Crippen LogP contribution in [0.5, 0.6) is 0 Å². The van der Waals surface area contributed by atoms with Gasteiger partial charge < -0.3 is 20.6 Å². The van der Waals surface area contributed by atoms with Crippen molar-refractivity contribution in [2.45, 2.75) is 205 Å². The summed E-state index contributed by atoms with van der Waals surface area (Å²) in [4.78, 5) is 12.3. The van der Waals surface area contributed by atoms with E-state index in [9.17, 15) is 20.1 Å². The Labute approximate surface area is 267 Å². The zero-order chi connectivity index (χ0) is 31.6. The van der Waals surface area contributed by atoms with Crippen molar-refractivity contribution in [2.75, 3.05) is 6.61 Å². The van der Waals surface area contributed by atoms with Crippen LogP contribution in [0.1, 0.15) is 187 Å². The predicted octanol–water partition coefficient (Wildman–Crippen LogP) is 9.87. The molecule has 0 saturated heterocycles. The van der Waals surface area contributed by atoms with Crippen LogP contribution in [0.3, 0.4) is 0 Å². The van der Waals surface area contributed by atoms with Crippen LogP contribution < -0.4 is 5.32 Å². The third-order valence-electron chi connectivity index (χ3n) is 8.48. The molecule has 0 radical (unpaired) electrons. The van der Waals surface area contributed by atoms with Crippen molar-refractivity contribution >= 4 is 5.91 Å². The number of nitrogens with one attached hydrogen (secondary N) is 1. The zero-order valence-electron chi connectivity index (χ0n) is 28.6. The molecule has 0 aromatic heterocycles. The summed E-state index contributed by atoms with van der Waals surface area (Å²) in [6, 6.07) is -0.745. The second kappa shape index (κ2) is 33.7. The molecule has 0 spiro atoms. The molecular formula is C38H73NO4. The molecule has 1 amide bonds. The van der Waals surface area contributed by atoms with Gasteiger partial charge in [-0.15, -0.1) is 0 Å². The van der Waals surface area contributed by atoms with E-state index >= 15 is 0 Å². The van der Waals surface area contributed by atoms with E-state index < -0.39 is 18.2 Å². The number of amides is 1. The highest BCUT2D eigenvalue weighted by Crippen LogP contribution is 2.14. The first-order valence-corrected chi connectivity index (χ1v) is 18.6. The number of unbranched alkanes of at least 4 members (excludes halogenated alkanes) is 22. The van der Waals surface area contributed by atoms with Gasteiger partial charge >= 0.3 is 0 Å². The Hall–Kier alpha value is -1.17. The standard InChI is InChI=1S/C38H73NO4/c1-3-5-7-9-11-13-15-17-19-21-23-25-27-29-31-35(41)33-38(43)39-36(34-40)37(42)32-30-28-26-24-22-20-18-16-14-12-10-8-6-4-2/h19,21,30,32,35-37,40-42H,3-18,20,22-29,31,33-34H2,1-2H3,(H,39,43)/b21-19-,32-30+. The van der Waals surface area contributed by atoms with E-state index in [4.69, 9.17) is 0 Å². The van der Waals surface area contributed by atoms with Crippen molar-refractivity contribution in [3.05, 3.63) is 24.3 Å². The van der Waals surface area contributed by atoms with Crippen LogP contribution in [0.15, 0.2) is 24.3 Å². The summed E-state index contributed by atoms with van der Waals surface area (Å²) in [5, 5.41) is 33.0. The third-order valence-corrected chi connectivity index (χ3v) is 8.48. The molecule has 5 heteroatoms. The minimum absolute atomic E-state index is 0.00411. The summed E-state index contributed by atoms with van der Waals surface area (Å²) in [5.41, 5.74) is 0. The predicted molar refractivity (Wildman–Crippen MR) is 185 cm³/mol. The number of hydrogen-bond donors (Lipinski definition) is 4. The van der Waals surface area contributed by atoms with Crippen LogP contribution >= 0.6 is 0 Å². The van der Waals surface area contributed by atoms with Crippen LogP contribution in [0.2, 0.25) is 0 Å². The molecule has 3 unspecified atom stereocenters. The number of carbonyl (C=O) groups is 1. The Balaban J connectivity index is 3.76. The lowest BCUT2D eigenvalue weighted by Crippen LogP contribution is -2.45. The number of hydrogen-bond acceptors (Lipinski definition) is 4. The topological polar surface area (TPSA) is 89.8 Å². The Morgan fingerprint density at radius 1 is 0.581 bits per heavy atom. The first-order chi connectivity index (χ1) is 21.0. The quantitative estimate of drug-likeness (QED) is 0.0441. The molecule has 254 valence electrons. The highest BCUT2D eigenvalue weighted by molar-refractivity contribution is 5.76. The number of allylic oxidation sites excluding steroid dienone is 3. The maximum atomic E-state index is 12.3. The molecule has 0 heterocycles. The van der Waals surface area contributed by atoms with Gasteiger partial charge in [-0.3, -0.25) is 4.79 Å². The lowest BCUT2D eigenvalue weighted by Gasteiger charge is -2.21. The Morgan fingerprint density at radius 2 is 0.977 bits per heavy atom. The van der Waals surface area contributed by atoms with E-state index in [0.717, 1.165) is 38.5 Å². The van der Waals surface area contributed by atoms with Gasteiger partial charge in [0.25, 0.3) is 0 Å².